The molecule has 0 radical (unpaired) electrons. The first-order valence-electron chi connectivity index (χ1n) is 6.25. The van der Waals surface area contributed by atoms with Crippen molar-refractivity contribution in [1.82, 2.24) is 4.90 Å². The van der Waals surface area contributed by atoms with Gasteiger partial charge in [-0.3, -0.25) is 4.90 Å². The lowest BCUT2D eigenvalue weighted by Gasteiger charge is -2.28. The Kier molecular flexibility index (Phi) is 6.59. The zero-order valence-electron chi connectivity index (χ0n) is 12.9. The number of hydrogen-bond acceptors (Lipinski definition) is 4. The Hall–Kier alpha value is -1.52. The molecular weight excluding hydrogens is 246 g/mol. The van der Waals surface area contributed by atoms with Crippen LogP contribution in [0, 0.1) is 0 Å². The van der Waals surface area contributed by atoms with Crippen LogP contribution in [0.3, 0.4) is 0 Å². The molecule has 1 atom stereocenters. The van der Waals surface area contributed by atoms with Gasteiger partial charge in [0.05, 0.1) is 7.11 Å². The molecule has 5 nitrogen and oxygen atoms in total. The molecule has 0 aromatic heterocycles. The summed E-state index contributed by atoms with van der Waals surface area (Å²) in [4.78, 5) is 24.9. The van der Waals surface area contributed by atoms with E-state index in [1.165, 1.54) is 19.1 Å². The molecule has 0 aliphatic rings. The van der Waals surface area contributed by atoms with Gasteiger partial charge in [-0.1, -0.05) is 11.6 Å². The van der Waals surface area contributed by atoms with Crippen molar-refractivity contribution in [3.63, 3.8) is 0 Å². The van der Waals surface area contributed by atoms with Gasteiger partial charge < -0.3 is 9.47 Å². The summed E-state index contributed by atoms with van der Waals surface area (Å²) in [6, 6.07) is -0.672. The Morgan fingerprint density at radius 2 is 1.79 bits per heavy atom. The number of hydrogen-bond donors (Lipinski definition) is 0. The minimum absolute atomic E-state index is 0.407. The molecule has 1 unspecified atom stereocenters. The molecule has 0 aliphatic carbocycles. The van der Waals surface area contributed by atoms with Crippen LogP contribution in [0.25, 0.3) is 0 Å². The lowest BCUT2D eigenvalue weighted by molar-refractivity contribution is -0.146. The lowest BCUT2D eigenvalue weighted by Crippen LogP contribution is -2.45. The number of carbonyl (C=O) groups excluding carboxylic acids is 2. The summed E-state index contributed by atoms with van der Waals surface area (Å²) in [6.07, 6.45) is 1.76. The molecule has 0 saturated carbocycles. The highest BCUT2D eigenvalue weighted by atomic mass is 16.6. The molecule has 0 rings (SSSR count). The SMILES string of the molecule is COC(=O)C(CC=C(C)C)N(C)C(=O)OC(C)(C)C. The number of amides is 1. The normalized spacial score (nSPS) is 12.4. The number of esters is 1. The average molecular weight is 271 g/mol. The quantitative estimate of drug-likeness (QED) is 0.583. The summed E-state index contributed by atoms with van der Waals surface area (Å²) in [5, 5.41) is 0. The van der Waals surface area contributed by atoms with E-state index in [-0.39, 0.29) is 0 Å². The Bertz CT molecular complexity index is 351. The maximum atomic E-state index is 11.9. The van der Waals surface area contributed by atoms with Gasteiger partial charge in [0, 0.05) is 7.05 Å². The molecule has 0 spiro atoms. The highest BCUT2D eigenvalue weighted by Crippen LogP contribution is 2.14. The number of nitrogens with zero attached hydrogens (tertiary/aromatic N) is 1. The Morgan fingerprint density at radius 3 is 2.16 bits per heavy atom. The molecule has 0 heterocycles. The summed E-state index contributed by atoms with van der Waals surface area (Å²) >= 11 is 0. The molecule has 0 fully saturated rings. The van der Waals surface area contributed by atoms with Gasteiger partial charge in [0.15, 0.2) is 0 Å². The largest absolute Gasteiger partial charge is 0.467 e. The van der Waals surface area contributed by atoms with Crippen LogP contribution >= 0.6 is 0 Å². The number of carbonyl (C=O) groups is 2. The second-order valence-corrected chi connectivity index (χ2v) is 5.65. The Labute approximate surface area is 115 Å². The molecule has 1 amide bonds. The summed E-state index contributed by atoms with van der Waals surface area (Å²) < 4.78 is 9.97. The highest BCUT2D eigenvalue weighted by Gasteiger charge is 2.30. The van der Waals surface area contributed by atoms with E-state index in [2.05, 4.69) is 0 Å². The molecule has 0 bridgehead atoms. The Morgan fingerprint density at radius 1 is 1.26 bits per heavy atom. The van der Waals surface area contributed by atoms with E-state index in [0.29, 0.717) is 6.42 Å². The fraction of sp³-hybridized carbons (Fsp3) is 0.714. The maximum absolute atomic E-state index is 11.9. The fourth-order valence-electron chi connectivity index (χ4n) is 1.36. The van der Waals surface area contributed by atoms with Crippen LogP contribution in [-0.2, 0) is 14.3 Å². The van der Waals surface area contributed by atoms with E-state index in [9.17, 15) is 9.59 Å². The molecule has 0 aliphatic heterocycles. The first kappa shape index (κ1) is 17.5. The first-order valence-corrected chi connectivity index (χ1v) is 6.25. The van der Waals surface area contributed by atoms with Crippen molar-refractivity contribution in [2.75, 3.05) is 14.2 Å². The van der Waals surface area contributed by atoms with E-state index < -0.39 is 23.7 Å². The monoisotopic (exact) mass is 271 g/mol. The minimum Gasteiger partial charge on any atom is -0.467 e. The predicted octanol–water partition coefficient (Wildman–Crippen LogP) is 2.75. The van der Waals surface area contributed by atoms with Crippen LogP contribution < -0.4 is 0 Å². The first-order chi connectivity index (χ1) is 8.58. The van der Waals surface area contributed by atoms with Crippen molar-refractivity contribution >= 4 is 12.1 Å². The molecular formula is C14H25NO4. The van der Waals surface area contributed by atoms with Crippen molar-refractivity contribution in [3.8, 4) is 0 Å². The van der Waals surface area contributed by atoms with Crippen LogP contribution in [-0.4, -0.2) is 42.8 Å². The third-order valence-electron chi connectivity index (χ3n) is 2.37. The van der Waals surface area contributed by atoms with Gasteiger partial charge in [-0.15, -0.1) is 0 Å². The van der Waals surface area contributed by atoms with E-state index in [1.807, 2.05) is 19.9 Å². The number of likely N-dealkylation sites (N-methyl/N-ethyl adjacent to an activating group) is 1. The summed E-state index contributed by atoms with van der Waals surface area (Å²) in [6.45, 7) is 9.20. The molecule has 0 aromatic carbocycles. The smallest absolute Gasteiger partial charge is 0.410 e. The second kappa shape index (κ2) is 7.16. The van der Waals surface area contributed by atoms with Crippen molar-refractivity contribution < 1.29 is 19.1 Å². The van der Waals surface area contributed by atoms with E-state index in [0.717, 1.165) is 5.57 Å². The lowest BCUT2D eigenvalue weighted by atomic mass is 10.1. The van der Waals surface area contributed by atoms with Crippen molar-refractivity contribution in [3.05, 3.63) is 11.6 Å². The van der Waals surface area contributed by atoms with Crippen LogP contribution in [0.1, 0.15) is 41.0 Å². The van der Waals surface area contributed by atoms with Crippen LogP contribution in [0.2, 0.25) is 0 Å². The minimum atomic E-state index is -0.672. The number of rotatable bonds is 4. The average Bonchev–Trinajstić information content (AvgIpc) is 2.25. The van der Waals surface area contributed by atoms with Crippen LogP contribution in [0.15, 0.2) is 11.6 Å². The zero-order valence-corrected chi connectivity index (χ0v) is 12.9. The van der Waals surface area contributed by atoms with Gasteiger partial charge in [-0.2, -0.15) is 0 Å². The second-order valence-electron chi connectivity index (χ2n) is 5.65. The van der Waals surface area contributed by atoms with Gasteiger partial charge in [0.2, 0.25) is 0 Å². The van der Waals surface area contributed by atoms with Gasteiger partial charge in [0.1, 0.15) is 11.6 Å². The summed E-state index contributed by atoms with van der Waals surface area (Å²) in [5.41, 5.74) is 0.481. The summed E-state index contributed by atoms with van der Waals surface area (Å²) in [7, 11) is 2.84. The molecule has 5 heteroatoms. The number of allylic oxidation sites excluding steroid dienone is 1. The molecule has 0 N–H and O–H groups in total. The molecule has 110 valence electrons. The maximum Gasteiger partial charge on any atom is 0.410 e. The molecule has 19 heavy (non-hydrogen) atoms. The van der Waals surface area contributed by atoms with E-state index >= 15 is 0 Å². The van der Waals surface area contributed by atoms with Crippen molar-refractivity contribution in [2.24, 2.45) is 0 Å². The van der Waals surface area contributed by atoms with Crippen molar-refractivity contribution in [1.29, 1.82) is 0 Å². The van der Waals surface area contributed by atoms with Crippen LogP contribution in [0.4, 0.5) is 4.79 Å². The Balaban J connectivity index is 4.90. The van der Waals surface area contributed by atoms with E-state index in [1.54, 1.807) is 20.8 Å². The third kappa shape index (κ3) is 6.84. The summed E-state index contributed by atoms with van der Waals surface area (Å²) in [5.74, 6) is -0.453. The standard InChI is InChI=1S/C14H25NO4/c1-10(2)8-9-11(12(16)18-7)15(6)13(17)19-14(3,4)5/h8,11H,9H2,1-7H3. The van der Waals surface area contributed by atoms with Gasteiger partial charge >= 0.3 is 12.1 Å². The van der Waals surface area contributed by atoms with Gasteiger partial charge in [-0.05, 0) is 41.0 Å². The fourth-order valence-corrected chi connectivity index (χ4v) is 1.36. The number of methoxy groups -OCH3 is 1. The predicted molar refractivity (Wildman–Crippen MR) is 73.8 cm³/mol. The highest BCUT2D eigenvalue weighted by molar-refractivity contribution is 5.81. The van der Waals surface area contributed by atoms with Gasteiger partial charge in [-0.25, -0.2) is 9.59 Å². The number of ether oxygens (including phenoxy) is 2. The van der Waals surface area contributed by atoms with Crippen molar-refractivity contribution in [2.45, 2.75) is 52.7 Å². The molecule has 0 saturated heterocycles. The van der Waals surface area contributed by atoms with Gasteiger partial charge in [0.25, 0.3) is 0 Å². The molecule has 0 aromatic rings. The third-order valence-corrected chi connectivity index (χ3v) is 2.37. The van der Waals surface area contributed by atoms with Crippen LogP contribution in [0.5, 0.6) is 0 Å². The zero-order chi connectivity index (χ0) is 15.2. The van der Waals surface area contributed by atoms with E-state index in [4.69, 9.17) is 9.47 Å². The topological polar surface area (TPSA) is 55.8 Å².